The first-order chi connectivity index (χ1) is 7.88. The van der Waals surface area contributed by atoms with Crippen molar-refractivity contribution in [3.63, 3.8) is 0 Å². The highest BCUT2D eigenvalue weighted by Crippen LogP contribution is 2.23. The maximum Gasteiger partial charge on any atom is 0.410 e. The van der Waals surface area contributed by atoms with Gasteiger partial charge >= 0.3 is 6.18 Å². The average molecular weight is 265 g/mol. The van der Waals surface area contributed by atoms with E-state index in [1.54, 1.807) is 0 Å². The van der Waals surface area contributed by atoms with Crippen molar-refractivity contribution in [2.75, 3.05) is 0 Å². The summed E-state index contributed by atoms with van der Waals surface area (Å²) in [4.78, 5) is 0. The summed E-state index contributed by atoms with van der Waals surface area (Å²) in [5.41, 5.74) is 0.947. The van der Waals surface area contributed by atoms with Gasteiger partial charge in [-0.15, -0.1) is 0 Å². The Bertz CT molecular complexity index is 373. The van der Waals surface area contributed by atoms with E-state index in [4.69, 9.17) is 11.6 Å². The van der Waals surface area contributed by atoms with Crippen LogP contribution in [-0.2, 0) is 6.42 Å². The van der Waals surface area contributed by atoms with Gasteiger partial charge < -0.3 is 5.11 Å². The third-order valence-electron chi connectivity index (χ3n) is 2.17. The van der Waals surface area contributed by atoms with Gasteiger partial charge in [-0.3, -0.25) is 0 Å². The van der Waals surface area contributed by atoms with Crippen molar-refractivity contribution in [2.24, 2.45) is 0 Å². The van der Waals surface area contributed by atoms with Gasteiger partial charge in [0.15, 0.2) is 0 Å². The number of alkyl halides is 3. The number of hydrogen-bond donors (Lipinski definition) is 1. The maximum absolute atomic E-state index is 12.0. The molecule has 0 bridgehead atoms. The molecule has 0 aliphatic heterocycles. The fraction of sp³-hybridized carbons (Fsp3) is 0.333. The fourth-order valence-corrected chi connectivity index (χ4v) is 1.57. The normalized spacial score (nSPS) is 14.8. The van der Waals surface area contributed by atoms with Gasteiger partial charge in [-0.05, 0) is 18.4 Å². The molecule has 0 radical (unpaired) electrons. The van der Waals surface area contributed by atoms with E-state index in [1.165, 1.54) is 0 Å². The quantitative estimate of drug-likeness (QED) is 0.880. The molecule has 1 atom stereocenters. The Morgan fingerprint density at radius 2 is 1.88 bits per heavy atom. The van der Waals surface area contributed by atoms with Gasteiger partial charge in [0.25, 0.3) is 0 Å². The van der Waals surface area contributed by atoms with Crippen molar-refractivity contribution >= 4 is 11.6 Å². The van der Waals surface area contributed by atoms with Crippen molar-refractivity contribution in [1.82, 2.24) is 0 Å². The van der Waals surface area contributed by atoms with Gasteiger partial charge in [0, 0.05) is 6.08 Å². The van der Waals surface area contributed by atoms with Gasteiger partial charge in [0.05, 0.1) is 11.1 Å². The van der Waals surface area contributed by atoms with Crippen molar-refractivity contribution < 1.29 is 18.3 Å². The predicted octanol–water partition coefficient (Wildman–Crippen LogP) is 3.67. The van der Waals surface area contributed by atoms with Crippen LogP contribution in [0.5, 0.6) is 0 Å². The van der Waals surface area contributed by atoms with E-state index in [1.807, 2.05) is 30.3 Å². The summed E-state index contributed by atoms with van der Waals surface area (Å²) in [6.45, 7) is 0. The molecule has 0 fully saturated rings. The van der Waals surface area contributed by atoms with Crippen LogP contribution in [-0.4, -0.2) is 17.4 Å². The second-order valence-corrected chi connectivity index (χ2v) is 4.05. The molecule has 0 saturated heterocycles. The molecule has 1 aromatic rings. The molecule has 0 spiro atoms. The predicted molar refractivity (Wildman–Crippen MR) is 60.8 cm³/mol. The van der Waals surface area contributed by atoms with Gasteiger partial charge in [-0.2, -0.15) is 13.2 Å². The Balaban J connectivity index is 2.50. The third-order valence-corrected chi connectivity index (χ3v) is 2.53. The lowest BCUT2D eigenvalue weighted by atomic mass is 10.1. The van der Waals surface area contributed by atoms with Gasteiger partial charge in [0.1, 0.15) is 0 Å². The molecule has 0 amide bonds. The molecule has 0 heterocycles. The standard InChI is InChI=1S/C12H12ClF3O/c13-10(8-12(14,15)16)11(17)7-6-9-4-2-1-3-5-9/h1-5,8,11,17H,6-7H2/b10-8+. The minimum atomic E-state index is -4.50. The molecule has 1 N–H and O–H groups in total. The molecule has 94 valence electrons. The zero-order valence-electron chi connectivity index (χ0n) is 8.91. The van der Waals surface area contributed by atoms with Crippen molar-refractivity contribution in [3.8, 4) is 0 Å². The Kier molecular flexibility index (Phi) is 5.02. The number of aliphatic hydroxyl groups is 1. The Morgan fingerprint density at radius 3 is 2.41 bits per heavy atom. The summed E-state index contributed by atoms with van der Waals surface area (Å²) in [5.74, 6) is 0. The molecule has 0 aliphatic rings. The largest absolute Gasteiger partial charge is 0.410 e. The molecule has 0 saturated carbocycles. The first-order valence-corrected chi connectivity index (χ1v) is 5.43. The molecule has 0 aliphatic carbocycles. The lowest BCUT2D eigenvalue weighted by Crippen LogP contribution is -2.12. The minimum absolute atomic E-state index is 0.0792. The van der Waals surface area contributed by atoms with Gasteiger partial charge in [0.2, 0.25) is 0 Å². The Hall–Kier alpha value is -1.00. The van der Waals surface area contributed by atoms with E-state index in [0.717, 1.165) is 5.56 Å². The number of halogens is 4. The monoisotopic (exact) mass is 264 g/mol. The minimum Gasteiger partial charge on any atom is -0.387 e. The van der Waals surface area contributed by atoms with E-state index >= 15 is 0 Å². The van der Waals surface area contributed by atoms with Gasteiger partial charge in [-0.25, -0.2) is 0 Å². The van der Waals surface area contributed by atoms with Crippen LogP contribution in [0.3, 0.4) is 0 Å². The third kappa shape index (κ3) is 5.75. The molecule has 1 unspecified atom stereocenters. The Morgan fingerprint density at radius 1 is 1.29 bits per heavy atom. The van der Waals surface area contributed by atoms with E-state index in [-0.39, 0.29) is 12.5 Å². The van der Waals surface area contributed by atoms with Crippen LogP contribution in [0.15, 0.2) is 41.4 Å². The van der Waals surface area contributed by atoms with Crippen LogP contribution < -0.4 is 0 Å². The van der Waals surface area contributed by atoms with Crippen LogP contribution in [0.25, 0.3) is 0 Å². The zero-order chi connectivity index (χ0) is 12.9. The summed E-state index contributed by atoms with van der Waals surface area (Å²) in [7, 11) is 0. The molecule has 5 heteroatoms. The van der Waals surface area contributed by atoms with Crippen molar-refractivity contribution in [1.29, 1.82) is 0 Å². The molecule has 1 rings (SSSR count). The first kappa shape index (κ1) is 14.1. The van der Waals surface area contributed by atoms with E-state index in [2.05, 4.69) is 0 Å². The second-order valence-electron chi connectivity index (χ2n) is 3.61. The highest BCUT2D eigenvalue weighted by atomic mass is 35.5. The first-order valence-electron chi connectivity index (χ1n) is 5.05. The summed E-state index contributed by atoms with van der Waals surface area (Å²) >= 11 is 5.37. The number of rotatable bonds is 4. The number of hydrogen-bond acceptors (Lipinski definition) is 1. The molecule has 0 aromatic heterocycles. The zero-order valence-corrected chi connectivity index (χ0v) is 9.67. The molecular weight excluding hydrogens is 253 g/mol. The molecule has 1 aromatic carbocycles. The lowest BCUT2D eigenvalue weighted by molar-refractivity contribution is -0.0809. The molecule has 1 nitrogen and oxygen atoms in total. The summed E-state index contributed by atoms with van der Waals surface area (Å²) in [6, 6.07) is 9.18. The summed E-state index contributed by atoms with van der Waals surface area (Å²) in [5, 5.41) is 8.87. The number of aliphatic hydroxyl groups excluding tert-OH is 1. The van der Waals surface area contributed by atoms with Crippen LogP contribution in [0.1, 0.15) is 12.0 Å². The van der Waals surface area contributed by atoms with Crippen LogP contribution in [0, 0.1) is 0 Å². The second kappa shape index (κ2) is 6.07. The van der Waals surface area contributed by atoms with E-state index in [9.17, 15) is 18.3 Å². The lowest BCUT2D eigenvalue weighted by Gasteiger charge is -2.10. The van der Waals surface area contributed by atoms with Crippen LogP contribution in [0.4, 0.5) is 13.2 Å². The topological polar surface area (TPSA) is 20.2 Å². The average Bonchev–Trinajstić information content (AvgIpc) is 2.25. The smallest absolute Gasteiger partial charge is 0.387 e. The van der Waals surface area contributed by atoms with Crippen LogP contribution >= 0.6 is 11.6 Å². The highest BCUT2D eigenvalue weighted by molar-refractivity contribution is 6.30. The number of aryl methyl sites for hydroxylation is 1. The SMILES string of the molecule is OC(CCc1ccccc1)/C(Cl)=C\C(F)(F)F. The summed E-state index contributed by atoms with van der Waals surface area (Å²) in [6.07, 6.45) is -5.22. The molecule has 17 heavy (non-hydrogen) atoms. The van der Waals surface area contributed by atoms with Crippen LogP contribution in [0.2, 0.25) is 0 Å². The van der Waals surface area contributed by atoms with Crippen molar-refractivity contribution in [3.05, 3.63) is 47.0 Å². The fourth-order valence-electron chi connectivity index (χ4n) is 1.34. The maximum atomic E-state index is 12.0. The van der Waals surface area contributed by atoms with Crippen molar-refractivity contribution in [2.45, 2.75) is 25.1 Å². The number of allylic oxidation sites excluding steroid dienone is 1. The summed E-state index contributed by atoms with van der Waals surface area (Å²) < 4.78 is 35.9. The molecular formula is C12H12ClF3O. The highest BCUT2D eigenvalue weighted by Gasteiger charge is 2.26. The van der Waals surface area contributed by atoms with E-state index in [0.29, 0.717) is 6.42 Å². The van der Waals surface area contributed by atoms with E-state index < -0.39 is 17.3 Å². The van der Waals surface area contributed by atoms with Gasteiger partial charge in [-0.1, -0.05) is 41.9 Å². The number of benzene rings is 1. The Labute approximate surface area is 103 Å².